The van der Waals surface area contributed by atoms with Gasteiger partial charge in [0.05, 0.1) is 27.8 Å². The third-order valence-electron chi connectivity index (χ3n) is 3.24. The number of hydrogen-bond acceptors (Lipinski definition) is 3. The number of likely N-dealkylation sites (N-methyl/N-ethyl adjacent to an activating group) is 1. The van der Waals surface area contributed by atoms with E-state index < -0.39 is 5.41 Å². The molecule has 112 valence electrons. The lowest BCUT2D eigenvalue weighted by Crippen LogP contribution is -2.80. The van der Waals surface area contributed by atoms with E-state index in [1.54, 1.807) is 20.3 Å². The van der Waals surface area contributed by atoms with E-state index in [1.807, 2.05) is 33.9 Å². The number of ether oxygens (including phenoxy) is 2. The van der Waals surface area contributed by atoms with Gasteiger partial charge < -0.3 is 14.8 Å². The Balaban J connectivity index is 3.34. The predicted octanol–water partition coefficient (Wildman–Crippen LogP) is 1.67. The number of rotatable bonds is 6. The monoisotopic (exact) mass is 280 g/mol. The average molecular weight is 280 g/mol. The molecular weight excluding hydrogens is 254 g/mol. The number of ketones is 1. The third kappa shape index (κ3) is 3.73. The van der Waals surface area contributed by atoms with Gasteiger partial charge in [-0.2, -0.15) is 0 Å². The first-order chi connectivity index (χ1) is 9.35. The molecule has 0 saturated heterocycles. The molecule has 1 rings (SSSR count). The molecule has 0 aliphatic rings. The molecule has 0 heterocycles. The Morgan fingerprint density at radius 1 is 1.15 bits per heavy atom. The van der Waals surface area contributed by atoms with Crippen LogP contribution in [-0.4, -0.2) is 33.6 Å². The lowest BCUT2D eigenvalue weighted by Gasteiger charge is -2.20. The van der Waals surface area contributed by atoms with Crippen molar-refractivity contribution < 1.29 is 19.6 Å². The van der Waals surface area contributed by atoms with Crippen molar-refractivity contribution in [2.75, 3.05) is 27.8 Å². The van der Waals surface area contributed by atoms with Gasteiger partial charge >= 0.3 is 0 Å². The first-order valence-electron chi connectivity index (χ1n) is 6.92. The summed E-state index contributed by atoms with van der Waals surface area (Å²) in [5.74, 6) is 1.40. The molecule has 0 saturated carbocycles. The summed E-state index contributed by atoms with van der Waals surface area (Å²) in [6, 6.07) is 3.72. The molecule has 1 aromatic carbocycles. The first kappa shape index (κ1) is 16.5. The van der Waals surface area contributed by atoms with E-state index in [9.17, 15) is 4.79 Å². The number of hydrogen-bond donors (Lipinski definition) is 1. The molecule has 0 aliphatic carbocycles. The van der Waals surface area contributed by atoms with Gasteiger partial charge in [0.2, 0.25) is 0 Å². The van der Waals surface area contributed by atoms with Crippen molar-refractivity contribution >= 4 is 5.78 Å². The summed E-state index contributed by atoms with van der Waals surface area (Å²) in [5, 5.41) is 2.10. The summed E-state index contributed by atoms with van der Waals surface area (Å²) in [5.41, 5.74) is 1.34. The molecule has 1 aromatic rings. The fourth-order valence-electron chi connectivity index (χ4n) is 2.04. The van der Waals surface area contributed by atoms with Gasteiger partial charge in [-0.05, 0) is 17.7 Å². The van der Waals surface area contributed by atoms with Crippen LogP contribution in [0.25, 0.3) is 0 Å². The quantitative estimate of drug-likeness (QED) is 0.806. The number of benzene rings is 1. The van der Waals surface area contributed by atoms with Crippen LogP contribution in [0.2, 0.25) is 0 Å². The Bertz CT molecular complexity index is 475. The topological polar surface area (TPSA) is 52.1 Å². The van der Waals surface area contributed by atoms with Gasteiger partial charge in [-0.3, -0.25) is 4.79 Å². The second-order valence-electron chi connectivity index (χ2n) is 5.89. The van der Waals surface area contributed by atoms with Crippen molar-refractivity contribution in [1.29, 1.82) is 0 Å². The summed E-state index contributed by atoms with van der Waals surface area (Å²) in [6.45, 7) is 6.73. The normalized spacial score (nSPS) is 11.3. The molecule has 0 spiro atoms. The van der Waals surface area contributed by atoms with Crippen LogP contribution in [0.15, 0.2) is 12.1 Å². The number of methoxy groups -OCH3 is 2. The lowest BCUT2D eigenvalue weighted by molar-refractivity contribution is -0.626. The van der Waals surface area contributed by atoms with Gasteiger partial charge in [0.1, 0.15) is 0 Å². The molecule has 20 heavy (non-hydrogen) atoms. The van der Waals surface area contributed by atoms with Crippen molar-refractivity contribution in [1.82, 2.24) is 0 Å². The fraction of sp³-hybridized carbons (Fsp3) is 0.562. The second-order valence-corrected chi connectivity index (χ2v) is 5.89. The molecule has 0 amide bonds. The maximum absolute atomic E-state index is 12.6. The van der Waals surface area contributed by atoms with Gasteiger partial charge in [0.25, 0.3) is 0 Å². The highest BCUT2D eigenvalue weighted by atomic mass is 16.5. The Morgan fingerprint density at radius 2 is 1.70 bits per heavy atom. The van der Waals surface area contributed by atoms with E-state index in [0.717, 1.165) is 24.1 Å². The standard InChI is InChI=1S/C16H25NO3/c1-16(2,3)15(18)12-10-14(20-6)13(19-5)9-11(12)7-8-17-4/h9-10,17H,7-8H2,1-6H3/p+1. The first-order valence-corrected chi connectivity index (χ1v) is 6.92. The highest BCUT2D eigenvalue weighted by molar-refractivity contribution is 6.01. The number of nitrogens with two attached hydrogens (primary N) is 1. The highest BCUT2D eigenvalue weighted by Gasteiger charge is 2.26. The highest BCUT2D eigenvalue weighted by Crippen LogP contribution is 2.33. The van der Waals surface area contributed by atoms with Gasteiger partial charge in [-0.1, -0.05) is 20.8 Å². The summed E-state index contributed by atoms with van der Waals surface area (Å²) < 4.78 is 10.6. The molecule has 0 atom stereocenters. The molecular formula is C16H26NO3+. The zero-order valence-corrected chi connectivity index (χ0v) is 13.4. The maximum atomic E-state index is 12.6. The fourth-order valence-corrected chi connectivity index (χ4v) is 2.04. The average Bonchev–Trinajstić information content (AvgIpc) is 2.42. The zero-order valence-electron chi connectivity index (χ0n) is 13.4. The summed E-state index contributed by atoms with van der Waals surface area (Å²) in [4.78, 5) is 12.6. The minimum Gasteiger partial charge on any atom is -0.493 e. The SMILES string of the molecule is C[NH2+]CCc1cc(OC)c(OC)cc1C(=O)C(C)(C)C. The van der Waals surface area contributed by atoms with Crippen molar-refractivity contribution in [3.63, 3.8) is 0 Å². The van der Waals surface area contributed by atoms with Crippen molar-refractivity contribution in [3.05, 3.63) is 23.3 Å². The minimum absolute atomic E-state index is 0.129. The number of carbonyl (C=O) groups is 1. The van der Waals surface area contributed by atoms with Crippen molar-refractivity contribution in [3.8, 4) is 11.5 Å². The largest absolute Gasteiger partial charge is 0.493 e. The van der Waals surface area contributed by atoms with Crippen molar-refractivity contribution in [2.45, 2.75) is 27.2 Å². The van der Waals surface area contributed by atoms with E-state index in [-0.39, 0.29) is 5.78 Å². The zero-order chi connectivity index (χ0) is 15.3. The third-order valence-corrected chi connectivity index (χ3v) is 3.24. The number of carbonyl (C=O) groups excluding carboxylic acids is 1. The van der Waals surface area contributed by atoms with Crippen molar-refractivity contribution in [2.24, 2.45) is 5.41 Å². The van der Waals surface area contributed by atoms with E-state index in [4.69, 9.17) is 9.47 Å². The number of quaternary nitrogens is 1. The van der Waals surface area contributed by atoms with Gasteiger partial charge in [-0.15, -0.1) is 0 Å². The molecule has 0 fully saturated rings. The lowest BCUT2D eigenvalue weighted by atomic mass is 9.84. The van der Waals surface area contributed by atoms with E-state index >= 15 is 0 Å². The Kier molecular flexibility index (Phi) is 5.57. The molecule has 0 radical (unpaired) electrons. The van der Waals surface area contributed by atoms with Gasteiger partial charge in [-0.25, -0.2) is 0 Å². The predicted molar refractivity (Wildman–Crippen MR) is 79.8 cm³/mol. The smallest absolute Gasteiger partial charge is 0.168 e. The molecule has 2 N–H and O–H groups in total. The van der Waals surface area contributed by atoms with Crippen LogP contribution in [-0.2, 0) is 6.42 Å². The summed E-state index contributed by atoms with van der Waals surface area (Å²) >= 11 is 0. The van der Waals surface area contributed by atoms with Crippen LogP contribution in [0.5, 0.6) is 11.5 Å². The van der Waals surface area contributed by atoms with Crippen LogP contribution in [0, 0.1) is 5.41 Å². The molecule has 0 aromatic heterocycles. The Labute approximate surface area is 121 Å². The summed E-state index contributed by atoms with van der Waals surface area (Å²) in [7, 11) is 5.22. The van der Waals surface area contributed by atoms with Crippen LogP contribution >= 0.6 is 0 Å². The molecule has 4 nitrogen and oxygen atoms in total. The van der Waals surface area contributed by atoms with Gasteiger partial charge in [0.15, 0.2) is 17.3 Å². The molecule has 0 unspecified atom stereocenters. The Morgan fingerprint density at radius 3 is 2.15 bits per heavy atom. The van der Waals surface area contributed by atoms with Gasteiger partial charge in [0, 0.05) is 17.4 Å². The van der Waals surface area contributed by atoms with E-state index in [1.165, 1.54) is 0 Å². The van der Waals surface area contributed by atoms with Crippen LogP contribution < -0.4 is 14.8 Å². The summed E-state index contributed by atoms with van der Waals surface area (Å²) in [6.07, 6.45) is 0.827. The molecule has 4 heteroatoms. The molecule has 0 bridgehead atoms. The van der Waals surface area contributed by atoms with E-state index in [2.05, 4.69) is 5.32 Å². The number of Topliss-reactive ketones (excluding diaryl/α,β-unsaturated/α-hetero) is 1. The maximum Gasteiger partial charge on any atom is 0.168 e. The molecule has 0 aliphatic heterocycles. The minimum atomic E-state index is -0.412. The van der Waals surface area contributed by atoms with Crippen LogP contribution in [0.3, 0.4) is 0 Å². The second kappa shape index (κ2) is 6.75. The van der Waals surface area contributed by atoms with E-state index in [0.29, 0.717) is 11.5 Å². The Hall–Kier alpha value is -1.55. The van der Waals surface area contributed by atoms with Crippen LogP contribution in [0.1, 0.15) is 36.7 Å². The van der Waals surface area contributed by atoms with Crippen LogP contribution in [0.4, 0.5) is 0 Å².